The van der Waals surface area contributed by atoms with E-state index in [2.05, 4.69) is 26.8 Å². The van der Waals surface area contributed by atoms with Crippen LogP contribution in [0.15, 0.2) is 11.6 Å². The Labute approximate surface area is 184 Å². The summed E-state index contributed by atoms with van der Waals surface area (Å²) < 4.78 is 0. The van der Waals surface area contributed by atoms with E-state index in [1.54, 1.807) is 0 Å². The molecule has 9 atom stereocenters. The van der Waals surface area contributed by atoms with Gasteiger partial charge in [0, 0.05) is 11.8 Å². The van der Waals surface area contributed by atoms with Crippen molar-refractivity contribution >= 4 is 0 Å². The van der Waals surface area contributed by atoms with Crippen molar-refractivity contribution in [3.8, 4) is 0 Å². The minimum atomic E-state index is -0.546. The van der Waals surface area contributed by atoms with Crippen LogP contribution >= 0.6 is 0 Å². The molecule has 4 aliphatic rings. The highest BCUT2D eigenvalue weighted by molar-refractivity contribution is 5.27. The van der Waals surface area contributed by atoms with Gasteiger partial charge in [0.05, 0.1) is 17.8 Å². The average molecular weight is 419 g/mol. The van der Waals surface area contributed by atoms with Crippen LogP contribution in [-0.2, 0) is 0 Å². The fraction of sp³-hybridized carbons (Fsp3) is 0.926. The second-order valence-corrected chi connectivity index (χ2v) is 12.6. The summed E-state index contributed by atoms with van der Waals surface area (Å²) in [7, 11) is 0. The number of rotatable bonds is 5. The van der Waals surface area contributed by atoms with E-state index < -0.39 is 11.7 Å². The Hall–Kier alpha value is -0.380. The van der Waals surface area contributed by atoms with E-state index in [9.17, 15) is 15.3 Å². The second kappa shape index (κ2) is 7.89. The monoisotopic (exact) mass is 418 g/mol. The molecule has 3 nitrogen and oxygen atoms in total. The van der Waals surface area contributed by atoms with Crippen molar-refractivity contribution in [2.45, 2.75) is 117 Å². The molecule has 3 heteroatoms. The number of aliphatic hydroxyl groups is 3. The molecule has 0 aliphatic heterocycles. The van der Waals surface area contributed by atoms with Crippen molar-refractivity contribution in [1.82, 2.24) is 0 Å². The van der Waals surface area contributed by atoms with Crippen molar-refractivity contribution in [2.75, 3.05) is 0 Å². The Balaban J connectivity index is 1.50. The van der Waals surface area contributed by atoms with E-state index in [0.717, 1.165) is 43.4 Å². The molecule has 0 unspecified atom stereocenters. The van der Waals surface area contributed by atoms with E-state index in [-0.39, 0.29) is 11.5 Å². The molecule has 3 N–H and O–H groups in total. The molecule has 0 radical (unpaired) electrons. The first-order chi connectivity index (χ1) is 14.0. The molecule has 3 saturated carbocycles. The molecule has 30 heavy (non-hydrogen) atoms. The highest BCUT2D eigenvalue weighted by Crippen LogP contribution is 2.67. The van der Waals surface area contributed by atoms with Gasteiger partial charge in [0.15, 0.2) is 0 Å². The van der Waals surface area contributed by atoms with Gasteiger partial charge in [-0.15, -0.1) is 0 Å². The van der Waals surface area contributed by atoms with Crippen LogP contribution in [0.2, 0.25) is 0 Å². The minimum absolute atomic E-state index is 0.125. The zero-order valence-corrected chi connectivity index (χ0v) is 20.0. The third kappa shape index (κ3) is 3.71. The molecular formula is C27H46O3. The summed E-state index contributed by atoms with van der Waals surface area (Å²) in [4.78, 5) is 0. The van der Waals surface area contributed by atoms with Crippen LogP contribution in [0.1, 0.15) is 98.8 Å². The van der Waals surface area contributed by atoms with Gasteiger partial charge in [0.2, 0.25) is 0 Å². The molecule has 0 bridgehead atoms. The fourth-order valence-electron chi connectivity index (χ4n) is 8.73. The maximum atomic E-state index is 11.1. The molecule has 4 aliphatic carbocycles. The molecule has 3 fully saturated rings. The Morgan fingerprint density at radius 2 is 1.87 bits per heavy atom. The lowest BCUT2D eigenvalue weighted by atomic mass is 9.46. The standard InChI is InChI=1S/C27H46O3/c1-17(7-6-13-25(2,3)30)21-10-11-22-20-9-8-18-15-19(28)16-24(29)27(18,5)23(20)12-14-26(21,22)4/h8,17,19-24,28-30H,6-7,9-16H2,1-5H3/t17-,19-,20+,21-,22+,23+,24-,26-,27+/m1/s1. The quantitative estimate of drug-likeness (QED) is 0.519. The SMILES string of the molecule is C[C@H](CCCC(C)(C)O)[C@H]1CC[C@H]2[C@@H]3CC=C4C[C@@H](O)C[C@@H](O)[C@]4(C)[C@H]3CC[C@]12C. The van der Waals surface area contributed by atoms with Gasteiger partial charge in [-0.3, -0.25) is 0 Å². The van der Waals surface area contributed by atoms with E-state index in [4.69, 9.17) is 0 Å². The first-order valence-electron chi connectivity index (χ1n) is 12.7. The van der Waals surface area contributed by atoms with Crippen molar-refractivity contribution in [1.29, 1.82) is 0 Å². The molecular weight excluding hydrogens is 372 g/mol. The first-order valence-corrected chi connectivity index (χ1v) is 12.7. The van der Waals surface area contributed by atoms with Crippen molar-refractivity contribution < 1.29 is 15.3 Å². The maximum Gasteiger partial charge on any atom is 0.0658 e. The lowest BCUT2D eigenvalue weighted by Crippen LogP contribution is -2.55. The third-order valence-electron chi connectivity index (χ3n) is 10.4. The molecule has 0 saturated heterocycles. The molecule has 0 aromatic heterocycles. The highest BCUT2D eigenvalue weighted by atomic mass is 16.3. The number of aliphatic hydroxyl groups excluding tert-OH is 2. The third-order valence-corrected chi connectivity index (χ3v) is 10.4. The van der Waals surface area contributed by atoms with Crippen molar-refractivity contribution in [2.24, 2.45) is 40.4 Å². The summed E-state index contributed by atoms with van der Waals surface area (Å²) >= 11 is 0. The summed E-state index contributed by atoms with van der Waals surface area (Å²) in [6.07, 6.45) is 12.5. The molecule has 4 rings (SSSR count). The topological polar surface area (TPSA) is 60.7 Å². The summed E-state index contributed by atoms with van der Waals surface area (Å²) in [6.45, 7) is 11.2. The van der Waals surface area contributed by atoms with Gasteiger partial charge in [-0.05, 0) is 93.8 Å². The molecule has 0 spiro atoms. The molecule has 0 aromatic rings. The van der Waals surface area contributed by atoms with Gasteiger partial charge in [-0.25, -0.2) is 0 Å². The van der Waals surface area contributed by atoms with E-state index in [1.165, 1.54) is 37.7 Å². The summed E-state index contributed by atoms with van der Waals surface area (Å²) in [5.74, 6) is 3.55. The van der Waals surface area contributed by atoms with E-state index in [0.29, 0.717) is 23.7 Å². The Bertz CT molecular complexity index is 664. The van der Waals surface area contributed by atoms with Gasteiger partial charge in [0.25, 0.3) is 0 Å². The van der Waals surface area contributed by atoms with Crippen LogP contribution in [-0.4, -0.2) is 33.1 Å². The number of hydrogen-bond donors (Lipinski definition) is 3. The summed E-state index contributed by atoms with van der Waals surface area (Å²) in [5, 5.41) is 31.4. The molecule has 172 valence electrons. The Kier molecular flexibility index (Phi) is 5.99. The maximum absolute atomic E-state index is 11.1. The largest absolute Gasteiger partial charge is 0.393 e. The van der Waals surface area contributed by atoms with Crippen LogP contribution < -0.4 is 0 Å². The molecule has 0 aromatic carbocycles. The summed E-state index contributed by atoms with van der Waals surface area (Å²) in [6, 6.07) is 0. The highest BCUT2D eigenvalue weighted by Gasteiger charge is 2.60. The van der Waals surface area contributed by atoms with Crippen LogP contribution in [0, 0.1) is 40.4 Å². The van der Waals surface area contributed by atoms with Gasteiger partial charge >= 0.3 is 0 Å². The van der Waals surface area contributed by atoms with E-state index >= 15 is 0 Å². The van der Waals surface area contributed by atoms with E-state index in [1.807, 2.05) is 13.8 Å². The minimum Gasteiger partial charge on any atom is -0.393 e. The lowest BCUT2D eigenvalue weighted by molar-refractivity contribution is -0.108. The number of fused-ring (bicyclic) bond motifs is 5. The second-order valence-electron chi connectivity index (χ2n) is 12.6. The van der Waals surface area contributed by atoms with Crippen LogP contribution in [0.5, 0.6) is 0 Å². The zero-order chi connectivity index (χ0) is 21.9. The Morgan fingerprint density at radius 3 is 2.57 bits per heavy atom. The van der Waals surface area contributed by atoms with Crippen LogP contribution in [0.4, 0.5) is 0 Å². The lowest BCUT2D eigenvalue weighted by Gasteiger charge is -2.59. The normalized spacial score (nSPS) is 47.1. The average Bonchev–Trinajstić information content (AvgIpc) is 2.99. The van der Waals surface area contributed by atoms with Gasteiger partial charge in [0.1, 0.15) is 0 Å². The van der Waals surface area contributed by atoms with Gasteiger partial charge in [-0.1, -0.05) is 45.3 Å². The first kappa shape index (κ1) is 22.8. The van der Waals surface area contributed by atoms with Gasteiger partial charge in [-0.2, -0.15) is 0 Å². The van der Waals surface area contributed by atoms with Crippen molar-refractivity contribution in [3.63, 3.8) is 0 Å². The molecule has 0 heterocycles. The van der Waals surface area contributed by atoms with Crippen LogP contribution in [0.3, 0.4) is 0 Å². The molecule has 0 amide bonds. The Morgan fingerprint density at radius 1 is 1.13 bits per heavy atom. The predicted molar refractivity (Wildman–Crippen MR) is 122 cm³/mol. The number of hydrogen-bond acceptors (Lipinski definition) is 3. The summed E-state index contributed by atoms with van der Waals surface area (Å²) in [5.41, 5.74) is 1.10. The van der Waals surface area contributed by atoms with Crippen molar-refractivity contribution in [3.05, 3.63) is 11.6 Å². The van der Waals surface area contributed by atoms with Crippen LogP contribution in [0.25, 0.3) is 0 Å². The predicted octanol–water partition coefficient (Wildman–Crippen LogP) is 5.47. The smallest absolute Gasteiger partial charge is 0.0658 e. The zero-order valence-electron chi connectivity index (χ0n) is 20.0. The number of allylic oxidation sites excluding steroid dienone is 1. The van der Waals surface area contributed by atoms with Gasteiger partial charge < -0.3 is 15.3 Å². The fourth-order valence-corrected chi connectivity index (χ4v) is 8.73.